The number of alkyl halides is 3. The van der Waals surface area contributed by atoms with Crippen molar-refractivity contribution in [2.24, 2.45) is 5.41 Å². The van der Waals surface area contributed by atoms with Gasteiger partial charge in [0.05, 0.1) is 11.7 Å². The average Bonchev–Trinajstić information content (AvgIpc) is 3.41. The number of rotatable bonds is 5. The molecule has 3 aliphatic rings. The van der Waals surface area contributed by atoms with Crippen molar-refractivity contribution in [2.45, 2.75) is 135 Å². The van der Waals surface area contributed by atoms with E-state index in [2.05, 4.69) is 66.3 Å². The Morgan fingerprint density at radius 3 is 2.15 bits per heavy atom. The van der Waals surface area contributed by atoms with Gasteiger partial charge in [-0.25, -0.2) is 0 Å². The zero-order chi connectivity index (χ0) is 30.2. The van der Waals surface area contributed by atoms with E-state index in [1.54, 1.807) is 12.1 Å². The second-order valence-corrected chi connectivity index (χ2v) is 19.8. The molecule has 0 amide bonds. The van der Waals surface area contributed by atoms with E-state index in [9.17, 15) is 13.2 Å². The number of aromatic nitrogens is 1. The molecular weight excluding hydrogens is 543 g/mol. The molecule has 2 heterocycles. The van der Waals surface area contributed by atoms with Crippen LogP contribution in [-0.2, 0) is 21.2 Å². The summed E-state index contributed by atoms with van der Waals surface area (Å²) in [5.41, 5.74) is 6.21. The molecule has 0 saturated heterocycles. The van der Waals surface area contributed by atoms with E-state index in [1.807, 2.05) is 0 Å². The third-order valence-electron chi connectivity index (χ3n) is 9.77. The fourth-order valence-corrected chi connectivity index (χ4v) is 8.13. The highest BCUT2D eigenvalue weighted by atomic mass is 28.4. The molecule has 5 rings (SSSR count). The molecular formula is C33H46F3NO3Si. The molecule has 1 aromatic heterocycles. The van der Waals surface area contributed by atoms with Crippen LogP contribution in [0.25, 0.3) is 0 Å². The summed E-state index contributed by atoms with van der Waals surface area (Å²) < 4.78 is 57.1. The van der Waals surface area contributed by atoms with Gasteiger partial charge in [0.1, 0.15) is 11.9 Å². The first kappa shape index (κ1) is 30.6. The molecule has 1 aliphatic heterocycles. The summed E-state index contributed by atoms with van der Waals surface area (Å²) in [4.78, 5) is 5.40. The third kappa shape index (κ3) is 5.73. The molecule has 41 heavy (non-hydrogen) atoms. The minimum Gasteiger partial charge on any atom is -0.410 e. The van der Waals surface area contributed by atoms with Crippen LogP contribution in [0.15, 0.2) is 24.3 Å². The maximum Gasteiger partial charge on any atom is 0.573 e. The summed E-state index contributed by atoms with van der Waals surface area (Å²) in [5, 5.41) is 0.0630. The highest BCUT2D eigenvalue weighted by Crippen LogP contribution is 2.60. The first-order valence-electron chi connectivity index (χ1n) is 15.1. The van der Waals surface area contributed by atoms with Crippen LogP contribution in [0, 0.1) is 5.41 Å². The summed E-state index contributed by atoms with van der Waals surface area (Å²) in [6, 6.07) is 6.19. The van der Waals surface area contributed by atoms with E-state index in [0.717, 1.165) is 61.0 Å². The molecule has 2 unspecified atom stereocenters. The van der Waals surface area contributed by atoms with Gasteiger partial charge in [0.2, 0.25) is 0 Å². The Bertz CT molecular complexity index is 1290. The number of hydrogen-bond donors (Lipinski definition) is 0. The largest absolute Gasteiger partial charge is 0.573 e. The lowest BCUT2D eigenvalue weighted by molar-refractivity contribution is -0.274. The minimum absolute atomic E-state index is 0.0472. The number of pyridine rings is 1. The Balaban J connectivity index is 1.71. The van der Waals surface area contributed by atoms with Gasteiger partial charge in [0.25, 0.3) is 0 Å². The standard InChI is InChI=1S/C33H46F3NO3Si/c1-20(2)28-26-27(25-23(37-28)18-31(6,7)19-24(25)40-41(8,9)30(3,4)5)32(16-10-11-17-32)39-29(26)21-12-14-22(15-13-21)38-33(34,35)36/h12-15,20,24,29H,10-11,16-19H2,1-9H3. The molecule has 0 N–H and O–H groups in total. The summed E-state index contributed by atoms with van der Waals surface area (Å²) in [7, 11) is -2.12. The van der Waals surface area contributed by atoms with E-state index in [4.69, 9.17) is 14.1 Å². The molecule has 2 aromatic rings. The third-order valence-corrected chi connectivity index (χ3v) is 14.3. The van der Waals surface area contributed by atoms with Gasteiger partial charge in [0.15, 0.2) is 8.32 Å². The highest BCUT2D eigenvalue weighted by Gasteiger charge is 2.54. The van der Waals surface area contributed by atoms with Gasteiger partial charge in [-0.2, -0.15) is 0 Å². The van der Waals surface area contributed by atoms with Gasteiger partial charge < -0.3 is 13.9 Å². The van der Waals surface area contributed by atoms with E-state index >= 15 is 0 Å². The fourth-order valence-electron chi connectivity index (χ4n) is 6.86. The lowest BCUT2D eigenvalue weighted by Gasteiger charge is -2.45. The first-order valence-corrected chi connectivity index (χ1v) is 18.0. The number of halogens is 3. The van der Waals surface area contributed by atoms with Crippen LogP contribution in [-0.4, -0.2) is 19.7 Å². The van der Waals surface area contributed by atoms with Crippen LogP contribution >= 0.6 is 0 Å². The van der Waals surface area contributed by atoms with Crippen molar-refractivity contribution in [2.75, 3.05) is 0 Å². The van der Waals surface area contributed by atoms with Gasteiger partial charge >= 0.3 is 6.36 Å². The predicted molar refractivity (Wildman–Crippen MR) is 158 cm³/mol. The molecule has 1 aromatic carbocycles. The number of ether oxygens (including phenoxy) is 2. The summed E-state index contributed by atoms with van der Waals surface area (Å²) in [6.07, 6.45) is 0.623. The molecule has 1 fully saturated rings. The van der Waals surface area contributed by atoms with Crippen LogP contribution in [0.4, 0.5) is 13.2 Å². The van der Waals surface area contributed by atoms with E-state index in [-0.39, 0.29) is 28.2 Å². The molecule has 0 radical (unpaired) electrons. The first-order chi connectivity index (χ1) is 18.8. The number of benzene rings is 1. The second kappa shape index (κ2) is 10.1. The van der Waals surface area contributed by atoms with Crippen molar-refractivity contribution in [1.29, 1.82) is 0 Å². The van der Waals surface area contributed by atoms with E-state index in [1.165, 1.54) is 23.3 Å². The molecule has 226 valence electrons. The lowest BCUT2D eigenvalue weighted by atomic mass is 9.70. The van der Waals surface area contributed by atoms with E-state index in [0.29, 0.717) is 0 Å². The number of hydrogen-bond acceptors (Lipinski definition) is 4. The Hall–Kier alpha value is -1.90. The number of nitrogens with zero attached hydrogens (tertiary/aromatic N) is 1. The van der Waals surface area contributed by atoms with Crippen molar-refractivity contribution in [3.63, 3.8) is 0 Å². The smallest absolute Gasteiger partial charge is 0.410 e. The average molecular weight is 590 g/mol. The normalized spacial score (nSPS) is 23.6. The van der Waals surface area contributed by atoms with Crippen LogP contribution in [0.1, 0.15) is 132 Å². The SMILES string of the molecule is CC(C)c1nc2c(c3c1C(c1ccc(OC(F)(F)F)cc1)OC31CCCC1)C(O[Si](C)(C)C(C)(C)C)CC(C)(C)C2. The zero-order valence-corrected chi connectivity index (χ0v) is 27.1. The number of fused-ring (bicyclic) bond motifs is 4. The quantitative estimate of drug-likeness (QED) is 0.326. The topological polar surface area (TPSA) is 40.6 Å². The summed E-state index contributed by atoms with van der Waals surface area (Å²) >= 11 is 0. The molecule has 4 nitrogen and oxygen atoms in total. The van der Waals surface area contributed by atoms with Crippen molar-refractivity contribution in [3.05, 3.63) is 57.9 Å². The Morgan fingerprint density at radius 1 is 1.00 bits per heavy atom. The van der Waals surface area contributed by atoms with E-state index < -0.39 is 26.4 Å². The van der Waals surface area contributed by atoms with Gasteiger partial charge in [-0.1, -0.05) is 73.4 Å². The fraction of sp³-hybridized carbons (Fsp3) is 0.667. The molecule has 1 spiro atoms. The second-order valence-electron chi connectivity index (χ2n) is 15.0. The van der Waals surface area contributed by atoms with Crippen molar-refractivity contribution in [1.82, 2.24) is 4.98 Å². The Labute approximate surface area is 244 Å². The molecule has 8 heteroatoms. The minimum atomic E-state index is -4.73. The predicted octanol–water partition coefficient (Wildman–Crippen LogP) is 10.0. The molecule has 2 aliphatic carbocycles. The molecule has 0 bridgehead atoms. The van der Waals surface area contributed by atoms with Crippen molar-refractivity contribution >= 4 is 8.32 Å². The van der Waals surface area contributed by atoms with Crippen LogP contribution < -0.4 is 4.74 Å². The van der Waals surface area contributed by atoms with Gasteiger partial charge in [0, 0.05) is 22.5 Å². The molecule has 1 saturated carbocycles. The Kier molecular flexibility index (Phi) is 7.52. The highest BCUT2D eigenvalue weighted by molar-refractivity contribution is 6.74. The maximum atomic E-state index is 12.9. The van der Waals surface area contributed by atoms with Gasteiger partial charge in [-0.15, -0.1) is 13.2 Å². The maximum absolute atomic E-state index is 12.9. The lowest BCUT2D eigenvalue weighted by Crippen LogP contribution is -2.44. The van der Waals surface area contributed by atoms with Gasteiger partial charge in [-0.05, 0) is 78.4 Å². The Morgan fingerprint density at radius 2 is 1.61 bits per heavy atom. The summed E-state index contributed by atoms with van der Waals surface area (Å²) in [5.74, 6) is -0.0675. The van der Waals surface area contributed by atoms with Crippen LogP contribution in [0.2, 0.25) is 18.1 Å². The van der Waals surface area contributed by atoms with Crippen LogP contribution in [0.3, 0.4) is 0 Å². The van der Waals surface area contributed by atoms with Gasteiger partial charge in [-0.3, -0.25) is 4.98 Å². The van der Waals surface area contributed by atoms with Crippen molar-refractivity contribution < 1.29 is 27.1 Å². The van der Waals surface area contributed by atoms with Crippen LogP contribution in [0.5, 0.6) is 5.75 Å². The monoisotopic (exact) mass is 589 g/mol. The molecule has 2 atom stereocenters. The van der Waals surface area contributed by atoms with Crippen molar-refractivity contribution in [3.8, 4) is 5.75 Å². The summed E-state index contributed by atoms with van der Waals surface area (Å²) in [6.45, 7) is 20.5. The zero-order valence-electron chi connectivity index (χ0n) is 26.1.